The predicted octanol–water partition coefficient (Wildman–Crippen LogP) is 0.392. The van der Waals surface area contributed by atoms with Gasteiger partial charge in [0.05, 0.1) is 0 Å². The molecular weight excluding hydrogens is 344 g/mol. The van der Waals surface area contributed by atoms with Crippen LogP contribution >= 0.6 is 0 Å². The smallest absolute Gasteiger partial charge is 0.279 e. The summed E-state index contributed by atoms with van der Waals surface area (Å²) in [6.07, 6.45) is 0. The minimum absolute atomic E-state index is 0. The summed E-state index contributed by atoms with van der Waals surface area (Å²) < 4.78 is 57.5. The second-order valence-electron chi connectivity index (χ2n) is 0.921. The number of halogens is 3. The number of hydrogen-bond donors (Lipinski definition) is 1. The quantitative estimate of drug-likeness (QED) is 0.511. The maximum absolute atomic E-state index is 10.7. The Morgan fingerprint density at radius 1 is 1.22 bits per heavy atom. The van der Waals surface area contributed by atoms with Crippen LogP contribution in [0.4, 0.5) is 13.2 Å². The van der Waals surface area contributed by atoms with Crippen molar-refractivity contribution >= 4 is 10.1 Å². The largest absolute Gasteiger partial charge is 0.522 e. The molecule has 0 bridgehead atoms. The van der Waals surface area contributed by atoms with E-state index in [1.165, 1.54) is 0 Å². The molecule has 8 heteroatoms. The molecule has 60 valence electrons. The molecule has 9 heavy (non-hydrogen) atoms. The summed E-state index contributed by atoms with van der Waals surface area (Å²) >= 11 is 0. The maximum atomic E-state index is 10.7. The van der Waals surface area contributed by atoms with Crippen molar-refractivity contribution in [3.63, 3.8) is 0 Å². The zero-order valence-corrected chi connectivity index (χ0v) is 6.71. The molecule has 0 aromatic carbocycles. The summed E-state index contributed by atoms with van der Waals surface area (Å²) in [6.45, 7) is 0. The Hall–Kier alpha value is 0.388. The van der Waals surface area contributed by atoms with Gasteiger partial charge in [-0.05, 0) is 0 Å². The van der Waals surface area contributed by atoms with Crippen LogP contribution in [0.3, 0.4) is 0 Å². The van der Waals surface area contributed by atoms with E-state index in [0.29, 0.717) is 0 Å². The molecule has 0 rings (SSSR count). The Balaban J connectivity index is 0. The van der Waals surface area contributed by atoms with Crippen LogP contribution in [0.25, 0.3) is 0 Å². The second kappa shape index (κ2) is 2.98. The van der Waals surface area contributed by atoms with E-state index in [1.807, 2.05) is 0 Å². The first-order valence-electron chi connectivity index (χ1n) is 1.29. The minimum atomic E-state index is -5.84. The number of alkyl halides is 3. The molecule has 0 aliphatic heterocycles. The third kappa shape index (κ3) is 3.88. The summed E-state index contributed by atoms with van der Waals surface area (Å²) in [5, 5.41) is 0. The monoisotopic (exact) mass is 345 g/mol. The fourth-order valence-corrected chi connectivity index (χ4v) is 0. The molecule has 0 atom stereocenters. The van der Waals surface area contributed by atoms with Crippen LogP contribution in [0, 0.1) is 0 Å². The Morgan fingerprint density at radius 3 is 1.33 bits per heavy atom. The van der Waals surface area contributed by atoms with E-state index in [1.54, 1.807) is 0 Å². The van der Waals surface area contributed by atoms with Gasteiger partial charge in [-0.25, -0.2) is 0 Å². The third-order valence-electron chi connectivity index (χ3n) is 0.292. The van der Waals surface area contributed by atoms with E-state index in [2.05, 4.69) is 0 Å². The average Bonchev–Trinajstić information content (AvgIpc) is 1.25. The minimum Gasteiger partial charge on any atom is -0.279 e. The topological polar surface area (TPSA) is 54.4 Å². The predicted molar refractivity (Wildman–Crippen MR) is 17.6 cm³/mol. The van der Waals surface area contributed by atoms with Crippen molar-refractivity contribution < 1.29 is 47.2 Å². The molecular formula is CHF3O3PtS. The van der Waals surface area contributed by atoms with Crippen molar-refractivity contribution in [3.8, 4) is 0 Å². The molecule has 0 amide bonds. The standard InChI is InChI=1S/CHF3O3S.Pt/c2-1(3,4)8(5,6)7;/h(H,5,6,7);. The van der Waals surface area contributed by atoms with Crippen molar-refractivity contribution in [1.29, 1.82) is 0 Å². The summed E-state index contributed by atoms with van der Waals surface area (Å²) in [6, 6.07) is 0. The zero-order valence-electron chi connectivity index (χ0n) is 3.62. The van der Waals surface area contributed by atoms with Crippen molar-refractivity contribution in [2.75, 3.05) is 0 Å². The Morgan fingerprint density at radius 2 is 1.33 bits per heavy atom. The zero-order chi connectivity index (χ0) is 7.00. The van der Waals surface area contributed by atoms with Gasteiger partial charge in [-0.2, -0.15) is 21.6 Å². The maximum Gasteiger partial charge on any atom is 0.522 e. The first-order chi connectivity index (χ1) is 3.25. The van der Waals surface area contributed by atoms with Gasteiger partial charge in [0.25, 0.3) is 0 Å². The van der Waals surface area contributed by atoms with Crippen LogP contribution < -0.4 is 0 Å². The first-order valence-corrected chi connectivity index (χ1v) is 2.73. The normalized spacial score (nSPS) is 12.4. The van der Waals surface area contributed by atoms with Gasteiger partial charge in [-0.1, -0.05) is 0 Å². The van der Waals surface area contributed by atoms with E-state index in [9.17, 15) is 13.2 Å². The Bertz CT molecular complexity index is 168. The van der Waals surface area contributed by atoms with Crippen molar-refractivity contribution in [2.24, 2.45) is 0 Å². The van der Waals surface area contributed by atoms with Crippen LogP contribution in [-0.4, -0.2) is 18.5 Å². The van der Waals surface area contributed by atoms with E-state index >= 15 is 0 Å². The molecule has 0 saturated heterocycles. The van der Waals surface area contributed by atoms with Gasteiger partial charge in [0.1, 0.15) is 0 Å². The van der Waals surface area contributed by atoms with E-state index in [-0.39, 0.29) is 21.1 Å². The molecule has 0 spiro atoms. The SMILES string of the molecule is O=S(=O)(O)C(F)(F)F.[Pt]. The van der Waals surface area contributed by atoms with Gasteiger partial charge in [0.15, 0.2) is 0 Å². The van der Waals surface area contributed by atoms with Crippen LogP contribution in [-0.2, 0) is 31.2 Å². The number of rotatable bonds is 0. The Labute approximate surface area is 63.3 Å². The molecule has 0 unspecified atom stereocenters. The van der Waals surface area contributed by atoms with Crippen LogP contribution in [0.5, 0.6) is 0 Å². The Kier molecular flexibility index (Phi) is 4.01. The molecule has 0 aliphatic carbocycles. The van der Waals surface area contributed by atoms with E-state index in [4.69, 9.17) is 13.0 Å². The van der Waals surface area contributed by atoms with Crippen LogP contribution in [0.1, 0.15) is 0 Å². The fraction of sp³-hybridized carbons (Fsp3) is 1.00. The van der Waals surface area contributed by atoms with Gasteiger partial charge in [0, 0.05) is 21.1 Å². The van der Waals surface area contributed by atoms with Crippen LogP contribution in [0.15, 0.2) is 0 Å². The van der Waals surface area contributed by atoms with Crippen molar-refractivity contribution in [2.45, 2.75) is 5.51 Å². The van der Waals surface area contributed by atoms with Crippen molar-refractivity contribution in [1.82, 2.24) is 0 Å². The molecule has 1 N–H and O–H groups in total. The second-order valence-corrected chi connectivity index (χ2v) is 2.33. The van der Waals surface area contributed by atoms with Gasteiger partial charge >= 0.3 is 15.6 Å². The average molecular weight is 345 g/mol. The molecule has 0 aromatic rings. The van der Waals surface area contributed by atoms with Gasteiger partial charge in [-0.3, -0.25) is 4.55 Å². The van der Waals surface area contributed by atoms with Gasteiger partial charge in [-0.15, -0.1) is 0 Å². The molecule has 0 aliphatic rings. The summed E-state index contributed by atoms with van der Waals surface area (Å²) in [4.78, 5) is 0. The van der Waals surface area contributed by atoms with E-state index in [0.717, 1.165) is 0 Å². The summed E-state index contributed by atoms with van der Waals surface area (Å²) in [7, 11) is -5.84. The first kappa shape index (κ1) is 12.1. The molecule has 0 saturated carbocycles. The molecule has 0 radical (unpaired) electrons. The number of hydrogen-bond acceptors (Lipinski definition) is 2. The van der Waals surface area contributed by atoms with Crippen molar-refractivity contribution in [3.05, 3.63) is 0 Å². The fourth-order valence-electron chi connectivity index (χ4n) is 0. The van der Waals surface area contributed by atoms with Gasteiger partial charge < -0.3 is 0 Å². The van der Waals surface area contributed by atoms with Crippen LogP contribution in [0.2, 0.25) is 0 Å². The summed E-state index contributed by atoms with van der Waals surface area (Å²) in [5.74, 6) is 0. The third-order valence-corrected chi connectivity index (χ3v) is 0.877. The molecule has 0 fully saturated rings. The summed E-state index contributed by atoms with van der Waals surface area (Å²) in [5.41, 5.74) is -5.53. The molecule has 0 heterocycles. The van der Waals surface area contributed by atoms with Gasteiger partial charge in [0.2, 0.25) is 0 Å². The van der Waals surface area contributed by atoms with E-state index < -0.39 is 15.6 Å². The molecule has 0 aromatic heterocycles. The molecule has 3 nitrogen and oxygen atoms in total.